The summed E-state index contributed by atoms with van der Waals surface area (Å²) in [5.74, 6) is 2.38. The van der Waals surface area contributed by atoms with E-state index in [1.807, 2.05) is 17.0 Å². The Morgan fingerprint density at radius 3 is 2.70 bits per heavy atom. The molecule has 2 aromatic rings. The van der Waals surface area contributed by atoms with Crippen LogP contribution in [0.5, 0.6) is 5.75 Å². The van der Waals surface area contributed by atoms with Crippen molar-refractivity contribution in [2.24, 2.45) is 4.99 Å². The number of fused-ring (bicyclic) bond motifs is 1. The van der Waals surface area contributed by atoms with Gasteiger partial charge in [0.05, 0.1) is 30.7 Å². The highest BCUT2D eigenvalue weighted by molar-refractivity contribution is 7.99. The van der Waals surface area contributed by atoms with Gasteiger partial charge in [-0.1, -0.05) is 18.2 Å². The lowest BCUT2D eigenvalue weighted by atomic mass is 9.85. The molecule has 1 amide bonds. The Hall–Kier alpha value is -2.60. The molecule has 6 heteroatoms. The molecule has 0 unspecified atom stereocenters. The van der Waals surface area contributed by atoms with Crippen LogP contribution in [-0.2, 0) is 6.42 Å². The lowest BCUT2D eigenvalue weighted by molar-refractivity contribution is 0.0802. The zero-order valence-electron chi connectivity index (χ0n) is 17.6. The molecule has 30 heavy (non-hydrogen) atoms. The van der Waals surface area contributed by atoms with E-state index in [4.69, 9.17) is 9.73 Å². The number of hydrogen-bond acceptors (Lipinski definition) is 5. The normalized spacial score (nSPS) is 17.3. The van der Waals surface area contributed by atoms with Crippen LogP contribution in [0.25, 0.3) is 0 Å². The Morgan fingerprint density at radius 2 is 1.97 bits per heavy atom. The van der Waals surface area contributed by atoms with Crippen molar-refractivity contribution in [3.8, 4) is 5.75 Å². The Balaban J connectivity index is 1.60. The molecule has 0 spiro atoms. The van der Waals surface area contributed by atoms with Crippen LogP contribution >= 0.6 is 11.8 Å². The van der Waals surface area contributed by atoms with Crippen molar-refractivity contribution in [3.63, 3.8) is 0 Å². The molecule has 0 radical (unpaired) electrons. The molecular weight excluding hydrogens is 396 g/mol. The maximum absolute atomic E-state index is 13.1. The third kappa shape index (κ3) is 4.29. The van der Waals surface area contributed by atoms with Crippen molar-refractivity contribution in [1.29, 1.82) is 0 Å². The quantitative estimate of drug-likeness (QED) is 0.677. The average Bonchev–Trinajstić information content (AvgIpc) is 3.27. The summed E-state index contributed by atoms with van der Waals surface area (Å²) in [5, 5.41) is 0. The number of hydrogen-bond donors (Lipinski definition) is 0. The van der Waals surface area contributed by atoms with Crippen LogP contribution in [0.15, 0.2) is 47.5 Å². The van der Waals surface area contributed by atoms with Crippen LogP contribution in [-0.4, -0.2) is 53.1 Å². The molecule has 5 nitrogen and oxygen atoms in total. The fourth-order valence-electron chi connectivity index (χ4n) is 4.01. The maximum atomic E-state index is 13.1. The molecule has 0 saturated carbocycles. The number of rotatable bonds is 5. The minimum Gasteiger partial charge on any atom is -0.497 e. The summed E-state index contributed by atoms with van der Waals surface area (Å²) >= 11 is 1.75. The highest BCUT2D eigenvalue weighted by atomic mass is 32.2. The summed E-state index contributed by atoms with van der Waals surface area (Å²) in [6.07, 6.45) is 1.02. The standard InChI is InChI=1S/C24H26N2O3S/c1-24(2)14-18-7-8-19(29-3)12-20(18)21(25-24)13-22(27)16-5-4-6-17(11-16)23(28)26-9-10-30-15-26/h4-8,11-12H,9-10,13-15H2,1-3H3. The maximum Gasteiger partial charge on any atom is 0.254 e. The van der Waals surface area contributed by atoms with Gasteiger partial charge in [0.1, 0.15) is 5.75 Å². The van der Waals surface area contributed by atoms with Gasteiger partial charge in [-0.05, 0) is 50.1 Å². The summed E-state index contributed by atoms with van der Waals surface area (Å²) in [7, 11) is 1.64. The van der Waals surface area contributed by atoms with Gasteiger partial charge < -0.3 is 9.64 Å². The molecular formula is C24H26N2O3S. The van der Waals surface area contributed by atoms with Crippen molar-refractivity contribution in [1.82, 2.24) is 4.90 Å². The predicted octanol–water partition coefficient (Wildman–Crippen LogP) is 4.24. The Kier molecular flexibility index (Phi) is 5.69. The van der Waals surface area contributed by atoms with Gasteiger partial charge in [0.15, 0.2) is 5.78 Å². The molecule has 0 bridgehead atoms. The first-order chi connectivity index (χ1) is 14.4. The van der Waals surface area contributed by atoms with Crippen molar-refractivity contribution in [2.75, 3.05) is 25.3 Å². The second-order valence-corrected chi connectivity index (χ2v) is 9.43. The smallest absolute Gasteiger partial charge is 0.254 e. The van der Waals surface area contributed by atoms with E-state index in [1.54, 1.807) is 43.1 Å². The van der Waals surface area contributed by atoms with E-state index in [-0.39, 0.29) is 23.7 Å². The van der Waals surface area contributed by atoms with Crippen LogP contribution in [0.4, 0.5) is 0 Å². The van der Waals surface area contributed by atoms with Gasteiger partial charge in [0.2, 0.25) is 0 Å². The average molecular weight is 423 g/mol. The van der Waals surface area contributed by atoms with E-state index in [0.717, 1.165) is 35.7 Å². The van der Waals surface area contributed by atoms with Crippen LogP contribution in [0, 0.1) is 0 Å². The van der Waals surface area contributed by atoms with E-state index in [1.165, 1.54) is 5.56 Å². The van der Waals surface area contributed by atoms with Gasteiger partial charge >= 0.3 is 0 Å². The SMILES string of the molecule is COc1ccc2c(c1)C(CC(=O)c1cccc(C(=O)N3CCSC3)c1)=NC(C)(C)C2. The van der Waals surface area contributed by atoms with Crippen molar-refractivity contribution >= 4 is 29.2 Å². The van der Waals surface area contributed by atoms with E-state index in [2.05, 4.69) is 19.9 Å². The third-order valence-corrected chi connectivity index (χ3v) is 6.45. The molecule has 0 atom stereocenters. The van der Waals surface area contributed by atoms with Gasteiger partial charge in [-0.3, -0.25) is 14.6 Å². The Bertz CT molecular complexity index is 1020. The summed E-state index contributed by atoms with van der Waals surface area (Å²) in [6.45, 7) is 4.92. The Morgan fingerprint density at radius 1 is 1.17 bits per heavy atom. The number of thioether (sulfide) groups is 1. The number of amides is 1. The summed E-state index contributed by atoms with van der Waals surface area (Å²) in [5.41, 5.74) is 3.78. The fourth-order valence-corrected chi connectivity index (χ4v) is 4.95. The fraction of sp³-hybridized carbons (Fsp3) is 0.375. The summed E-state index contributed by atoms with van der Waals surface area (Å²) in [6, 6.07) is 13.0. The topological polar surface area (TPSA) is 59.0 Å². The first-order valence-corrected chi connectivity index (χ1v) is 11.3. The summed E-state index contributed by atoms with van der Waals surface area (Å²) in [4.78, 5) is 32.5. The van der Waals surface area contributed by atoms with Crippen LogP contribution in [0.2, 0.25) is 0 Å². The number of ketones is 1. The molecule has 0 aromatic heterocycles. The molecule has 0 aliphatic carbocycles. The largest absolute Gasteiger partial charge is 0.497 e. The van der Waals surface area contributed by atoms with Gasteiger partial charge in [-0.25, -0.2) is 0 Å². The number of ether oxygens (including phenoxy) is 1. The number of Topliss-reactive ketones (excluding diaryl/α,β-unsaturated/α-hetero) is 1. The zero-order chi connectivity index (χ0) is 21.3. The predicted molar refractivity (Wildman–Crippen MR) is 121 cm³/mol. The number of carbonyl (C=O) groups is 2. The first-order valence-electron chi connectivity index (χ1n) is 10.1. The number of carbonyl (C=O) groups excluding carboxylic acids is 2. The molecule has 0 N–H and O–H groups in total. The van der Waals surface area contributed by atoms with E-state index < -0.39 is 0 Å². The van der Waals surface area contributed by atoms with Crippen molar-refractivity contribution in [2.45, 2.75) is 32.2 Å². The monoisotopic (exact) mass is 422 g/mol. The van der Waals surface area contributed by atoms with Gasteiger partial charge in [-0.2, -0.15) is 0 Å². The number of nitrogens with zero attached hydrogens (tertiary/aromatic N) is 2. The highest BCUT2D eigenvalue weighted by Gasteiger charge is 2.28. The molecule has 2 aromatic carbocycles. The van der Waals surface area contributed by atoms with Crippen LogP contribution in [0.1, 0.15) is 52.1 Å². The number of aliphatic imine (C=N–C) groups is 1. The van der Waals surface area contributed by atoms with Gasteiger partial charge in [-0.15, -0.1) is 11.8 Å². The highest BCUT2D eigenvalue weighted by Crippen LogP contribution is 2.31. The second kappa shape index (κ2) is 8.26. The molecule has 156 valence electrons. The second-order valence-electron chi connectivity index (χ2n) is 8.36. The van der Waals surface area contributed by atoms with Crippen molar-refractivity contribution < 1.29 is 14.3 Å². The molecule has 4 rings (SSSR count). The molecule has 2 aliphatic rings. The lowest BCUT2D eigenvalue weighted by Gasteiger charge is -2.29. The van der Waals surface area contributed by atoms with E-state index in [9.17, 15) is 9.59 Å². The van der Waals surface area contributed by atoms with Crippen LogP contribution in [0.3, 0.4) is 0 Å². The molecule has 1 fully saturated rings. The third-order valence-electron chi connectivity index (χ3n) is 5.49. The lowest BCUT2D eigenvalue weighted by Crippen LogP contribution is -2.30. The number of methoxy groups -OCH3 is 1. The van der Waals surface area contributed by atoms with E-state index >= 15 is 0 Å². The summed E-state index contributed by atoms with van der Waals surface area (Å²) < 4.78 is 5.38. The van der Waals surface area contributed by atoms with Gasteiger partial charge in [0.25, 0.3) is 5.91 Å². The van der Waals surface area contributed by atoms with Crippen LogP contribution < -0.4 is 4.74 Å². The Labute approximate surface area is 181 Å². The molecule has 1 saturated heterocycles. The molecule has 2 aliphatic heterocycles. The van der Waals surface area contributed by atoms with E-state index in [0.29, 0.717) is 17.0 Å². The minimum absolute atomic E-state index is 0.0131. The minimum atomic E-state index is -0.261. The zero-order valence-corrected chi connectivity index (χ0v) is 18.4. The number of benzene rings is 2. The molecule has 2 heterocycles. The first kappa shape index (κ1) is 20.7. The van der Waals surface area contributed by atoms with Crippen molar-refractivity contribution in [3.05, 3.63) is 64.7 Å². The van der Waals surface area contributed by atoms with Gasteiger partial charge in [0, 0.05) is 29.0 Å².